The molecule has 0 saturated heterocycles. The summed E-state index contributed by atoms with van der Waals surface area (Å²) in [5.74, 6) is 0. The molecule has 1 nitrogen and oxygen atoms in total. The Hall–Kier alpha value is 0.420. The summed E-state index contributed by atoms with van der Waals surface area (Å²) in [5, 5.41) is 2.30. The number of thiophene rings is 2. The number of halogens is 2. The Bertz CT molecular complexity index is 484. The van der Waals surface area contributed by atoms with E-state index in [9.17, 15) is 0 Å². The lowest BCUT2D eigenvalue weighted by Gasteiger charge is -2.03. The van der Waals surface area contributed by atoms with E-state index < -0.39 is 0 Å². The normalized spacial score (nSPS) is 11.3. The summed E-state index contributed by atoms with van der Waals surface area (Å²) >= 11 is 10.6. The summed E-state index contributed by atoms with van der Waals surface area (Å²) in [5.41, 5.74) is 0. The van der Waals surface area contributed by atoms with Crippen LogP contribution in [0.2, 0.25) is 0 Å². The van der Waals surface area contributed by atoms with Crippen molar-refractivity contribution in [2.75, 3.05) is 6.61 Å². The van der Waals surface area contributed by atoms with Crippen LogP contribution >= 0.6 is 54.5 Å². The van der Waals surface area contributed by atoms with E-state index in [0.29, 0.717) is 0 Å². The second-order valence-electron chi connectivity index (χ2n) is 4.57. The summed E-state index contributed by atoms with van der Waals surface area (Å²) in [4.78, 5) is 0. The second kappa shape index (κ2) is 8.01. The van der Waals surface area contributed by atoms with Crippen LogP contribution in [0.15, 0.2) is 13.6 Å². The monoisotopic (exact) mass is 424 g/mol. The third-order valence-corrected chi connectivity index (χ3v) is 7.06. The van der Waals surface area contributed by atoms with Gasteiger partial charge in [0.05, 0.1) is 18.9 Å². The lowest BCUT2D eigenvalue weighted by Crippen LogP contribution is -1.95. The molecule has 106 valence electrons. The highest BCUT2D eigenvalue weighted by Gasteiger charge is 2.12. The van der Waals surface area contributed by atoms with Gasteiger partial charge in [0.15, 0.2) is 5.06 Å². The molecule has 0 spiro atoms. The first-order valence-corrected chi connectivity index (χ1v) is 9.94. The molecule has 0 aromatic carbocycles. The molecule has 0 aliphatic carbocycles. The maximum atomic E-state index is 5.85. The molecule has 0 aliphatic rings. The SMILES string of the molecule is CCCCCCCCOc1cc2c(Br)sc(Br)c2s1. The number of unbranched alkanes of at least 4 members (excludes halogenated alkanes) is 5. The van der Waals surface area contributed by atoms with Gasteiger partial charge in [0.2, 0.25) is 0 Å². The summed E-state index contributed by atoms with van der Waals surface area (Å²) in [6.45, 7) is 3.09. The van der Waals surface area contributed by atoms with Gasteiger partial charge in [-0.3, -0.25) is 0 Å². The molecule has 0 radical (unpaired) electrons. The molecule has 0 saturated carbocycles. The quantitative estimate of drug-likeness (QED) is 0.405. The summed E-state index contributed by atoms with van der Waals surface area (Å²) < 4.78 is 9.50. The highest BCUT2D eigenvalue weighted by Crippen LogP contribution is 2.46. The van der Waals surface area contributed by atoms with Crippen LogP contribution in [0.3, 0.4) is 0 Å². The van der Waals surface area contributed by atoms with E-state index in [0.717, 1.165) is 18.1 Å². The Kier molecular flexibility index (Phi) is 6.66. The molecule has 0 atom stereocenters. The number of fused-ring (bicyclic) bond motifs is 1. The topological polar surface area (TPSA) is 9.23 Å². The van der Waals surface area contributed by atoms with E-state index in [1.54, 1.807) is 22.7 Å². The van der Waals surface area contributed by atoms with Crippen molar-refractivity contribution in [2.24, 2.45) is 0 Å². The molecule has 19 heavy (non-hydrogen) atoms. The van der Waals surface area contributed by atoms with E-state index in [1.807, 2.05) is 0 Å². The molecule has 2 aromatic rings. The molecule has 0 aliphatic heterocycles. The van der Waals surface area contributed by atoms with Crippen molar-refractivity contribution >= 4 is 64.6 Å². The van der Waals surface area contributed by atoms with E-state index >= 15 is 0 Å². The van der Waals surface area contributed by atoms with Gasteiger partial charge < -0.3 is 4.74 Å². The second-order valence-corrected chi connectivity index (χ2v) is 9.25. The van der Waals surface area contributed by atoms with Crippen molar-refractivity contribution < 1.29 is 4.74 Å². The maximum absolute atomic E-state index is 5.85. The zero-order valence-electron chi connectivity index (χ0n) is 11.0. The fraction of sp³-hybridized carbons (Fsp3) is 0.571. The number of ether oxygens (including phenoxy) is 1. The molecule has 2 heterocycles. The van der Waals surface area contributed by atoms with Gasteiger partial charge in [-0.1, -0.05) is 50.4 Å². The van der Waals surface area contributed by atoms with Gasteiger partial charge in [-0.05, 0) is 38.3 Å². The maximum Gasteiger partial charge on any atom is 0.175 e. The van der Waals surface area contributed by atoms with E-state index in [-0.39, 0.29) is 0 Å². The van der Waals surface area contributed by atoms with Crippen LogP contribution in [-0.2, 0) is 0 Å². The van der Waals surface area contributed by atoms with Gasteiger partial charge in [-0.25, -0.2) is 0 Å². The van der Waals surface area contributed by atoms with Crippen molar-refractivity contribution in [1.82, 2.24) is 0 Å². The predicted octanol–water partition coefficient (Wildman–Crippen LogP) is 7.23. The number of rotatable bonds is 8. The lowest BCUT2D eigenvalue weighted by atomic mass is 10.1. The fourth-order valence-corrected chi connectivity index (χ4v) is 6.31. The van der Waals surface area contributed by atoms with Crippen LogP contribution in [0.4, 0.5) is 0 Å². The minimum atomic E-state index is 0.841. The first kappa shape index (κ1) is 15.8. The Labute approximate surface area is 139 Å². The average molecular weight is 426 g/mol. The zero-order chi connectivity index (χ0) is 13.7. The Balaban J connectivity index is 1.74. The lowest BCUT2D eigenvalue weighted by molar-refractivity contribution is 0.313. The Morgan fingerprint density at radius 1 is 1.00 bits per heavy atom. The minimum Gasteiger partial charge on any atom is -0.484 e. The first-order valence-electron chi connectivity index (χ1n) is 6.72. The van der Waals surface area contributed by atoms with Crippen LogP contribution in [-0.4, -0.2) is 6.61 Å². The van der Waals surface area contributed by atoms with Crippen molar-refractivity contribution in [2.45, 2.75) is 45.4 Å². The molecule has 0 unspecified atom stereocenters. The minimum absolute atomic E-state index is 0.841. The smallest absolute Gasteiger partial charge is 0.175 e. The molecule has 0 fully saturated rings. The molecule has 0 bridgehead atoms. The summed E-state index contributed by atoms with van der Waals surface area (Å²) in [7, 11) is 0. The third-order valence-electron chi connectivity index (χ3n) is 3.02. The largest absolute Gasteiger partial charge is 0.484 e. The molecule has 0 N–H and O–H groups in total. The average Bonchev–Trinajstić information content (AvgIpc) is 2.91. The molecule has 2 rings (SSSR count). The standard InChI is InChI=1S/C14H18Br2OS2/c1-2-3-4-5-6-7-8-17-11-9-10-12(18-11)14(16)19-13(10)15/h9H,2-8H2,1H3. The number of hydrogen-bond acceptors (Lipinski definition) is 3. The van der Waals surface area contributed by atoms with Crippen LogP contribution in [0.5, 0.6) is 5.06 Å². The van der Waals surface area contributed by atoms with E-state index in [2.05, 4.69) is 44.8 Å². The summed E-state index contributed by atoms with van der Waals surface area (Å²) in [6.07, 6.45) is 7.83. The van der Waals surface area contributed by atoms with Gasteiger partial charge >= 0.3 is 0 Å². The highest BCUT2D eigenvalue weighted by atomic mass is 79.9. The Morgan fingerprint density at radius 2 is 1.74 bits per heavy atom. The highest BCUT2D eigenvalue weighted by molar-refractivity contribution is 9.12. The number of hydrogen-bond donors (Lipinski definition) is 0. The molecule has 5 heteroatoms. The van der Waals surface area contributed by atoms with Gasteiger partial charge in [-0.2, -0.15) is 0 Å². The third kappa shape index (κ3) is 4.45. The van der Waals surface area contributed by atoms with Crippen LogP contribution in [0.25, 0.3) is 10.1 Å². The van der Waals surface area contributed by atoms with Crippen LogP contribution < -0.4 is 4.74 Å². The Morgan fingerprint density at radius 3 is 2.47 bits per heavy atom. The first-order chi connectivity index (χ1) is 9.22. The van der Waals surface area contributed by atoms with Crippen molar-refractivity contribution in [3.63, 3.8) is 0 Å². The molecular formula is C14H18Br2OS2. The van der Waals surface area contributed by atoms with Gasteiger partial charge in [0, 0.05) is 11.5 Å². The van der Waals surface area contributed by atoms with Gasteiger partial charge in [0.1, 0.15) is 0 Å². The van der Waals surface area contributed by atoms with Crippen LogP contribution in [0.1, 0.15) is 45.4 Å². The van der Waals surface area contributed by atoms with E-state index in [1.165, 1.54) is 49.8 Å². The van der Waals surface area contributed by atoms with Gasteiger partial charge in [0.25, 0.3) is 0 Å². The van der Waals surface area contributed by atoms with Crippen molar-refractivity contribution in [3.05, 3.63) is 13.6 Å². The van der Waals surface area contributed by atoms with Crippen molar-refractivity contribution in [3.8, 4) is 5.06 Å². The van der Waals surface area contributed by atoms with Gasteiger partial charge in [-0.15, -0.1) is 11.3 Å². The predicted molar refractivity (Wildman–Crippen MR) is 94.0 cm³/mol. The van der Waals surface area contributed by atoms with Crippen molar-refractivity contribution in [1.29, 1.82) is 0 Å². The molecular weight excluding hydrogens is 408 g/mol. The zero-order valence-corrected chi connectivity index (χ0v) is 15.8. The van der Waals surface area contributed by atoms with E-state index in [4.69, 9.17) is 4.74 Å². The fourth-order valence-electron chi connectivity index (χ4n) is 1.97. The summed E-state index contributed by atoms with van der Waals surface area (Å²) in [6, 6.07) is 2.14. The molecule has 0 amide bonds. The van der Waals surface area contributed by atoms with Crippen LogP contribution in [0, 0.1) is 0 Å². The molecule has 2 aromatic heterocycles.